The van der Waals surface area contributed by atoms with Crippen molar-refractivity contribution in [2.75, 3.05) is 19.5 Å². The van der Waals surface area contributed by atoms with Gasteiger partial charge in [0.1, 0.15) is 0 Å². The molecule has 0 aliphatic rings. The van der Waals surface area contributed by atoms with Gasteiger partial charge in [0.25, 0.3) is 0 Å². The van der Waals surface area contributed by atoms with Crippen LogP contribution in [-0.2, 0) is 4.74 Å². The van der Waals surface area contributed by atoms with Crippen LogP contribution in [0.2, 0.25) is 0 Å². The number of methoxy groups -OCH3 is 1. The average molecular weight is 326 g/mol. The van der Waals surface area contributed by atoms with E-state index in [0.29, 0.717) is 6.61 Å². The number of rotatable bonds is 6. The molecule has 23 heavy (non-hydrogen) atoms. The third-order valence-corrected chi connectivity index (χ3v) is 4.32. The Morgan fingerprint density at radius 2 is 2.00 bits per heavy atom. The summed E-state index contributed by atoms with van der Waals surface area (Å²) in [5.74, 6) is 1.63. The number of hydrogen-bond donors (Lipinski definition) is 0. The summed E-state index contributed by atoms with van der Waals surface area (Å²) in [6.45, 7) is 2.76. The number of benzene rings is 1. The summed E-state index contributed by atoms with van der Waals surface area (Å²) in [7, 11) is 1.70. The number of aryl methyl sites for hydroxylation is 1. The topological polar surface area (TPSA) is 52.8 Å². The molecule has 0 spiro atoms. The Balaban J connectivity index is 2.09. The molecule has 2 aromatic heterocycles. The van der Waals surface area contributed by atoms with Crippen LogP contribution in [0.25, 0.3) is 17.1 Å². The van der Waals surface area contributed by atoms with E-state index in [2.05, 4.69) is 38.8 Å². The molecule has 0 bridgehead atoms. The molecule has 0 fully saturated rings. The summed E-state index contributed by atoms with van der Waals surface area (Å²) < 4.78 is 7.23. The van der Waals surface area contributed by atoms with E-state index in [1.165, 1.54) is 5.56 Å². The van der Waals surface area contributed by atoms with Gasteiger partial charge < -0.3 is 4.74 Å². The van der Waals surface area contributed by atoms with Crippen molar-refractivity contribution in [2.45, 2.75) is 12.1 Å². The molecule has 3 rings (SSSR count). The lowest BCUT2D eigenvalue weighted by Gasteiger charge is -2.12. The zero-order chi connectivity index (χ0) is 16.1. The number of hydrogen-bond acceptors (Lipinski definition) is 5. The van der Waals surface area contributed by atoms with E-state index in [4.69, 9.17) is 4.74 Å². The molecule has 0 atom stereocenters. The Morgan fingerprint density at radius 1 is 1.13 bits per heavy atom. The fourth-order valence-electron chi connectivity index (χ4n) is 2.29. The van der Waals surface area contributed by atoms with Gasteiger partial charge >= 0.3 is 0 Å². The molecule has 0 saturated carbocycles. The van der Waals surface area contributed by atoms with Crippen molar-refractivity contribution in [3.8, 4) is 17.1 Å². The van der Waals surface area contributed by atoms with Crippen LogP contribution in [0, 0.1) is 6.92 Å². The predicted octanol–water partition coefficient (Wildman–Crippen LogP) is 3.38. The number of pyridine rings is 1. The zero-order valence-corrected chi connectivity index (χ0v) is 14.0. The third-order valence-electron chi connectivity index (χ3n) is 3.43. The summed E-state index contributed by atoms with van der Waals surface area (Å²) >= 11 is 1.63. The summed E-state index contributed by atoms with van der Waals surface area (Å²) in [5.41, 5.74) is 3.20. The van der Waals surface area contributed by atoms with Crippen LogP contribution in [0.15, 0.2) is 53.9 Å². The first-order valence-corrected chi connectivity index (χ1v) is 8.33. The number of ether oxygens (including phenoxy) is 1. The van der Waals surface area contributed by atoms with Crippen molar-refractivity contribution in [2.24, 2.45) is 0 Å². The van der Waals surface area contributed by atoms with E-state index in [-0.39, 0.29) is 0 Å². The van der Waals surface area contributed by atoms with Crippen molar-refractivity contribution in [1.29, 1.82) is 0 Å². The molecule has 1 aromatic carbocycles. The zero-order valence-electron chi connectivity index (χ0n) is 13.1. The first-order valence-electron chi connectivity index (χ1n) is 7.35. The number of thioether (sulfide) groups is 1. The lowest BCUT2D eigenvalue weighted by atomic mass is 10.2. The van der Waals surface area contributed by atoms with E-state index >= 15 is 0 Å². The maximum absolute atomic E-state index is 5.14. The van der Waals surface area contributed by atoms with Crippen LogP contribution in [0.4, 0.5) is 0 Å². The molecule has 0 aliphatic carbocycles. The Hall–Kier alpha value is -2.18. The van der Waals surface area contributed by atoms with Crippen molar-refractivity contribution >= 4 is 11.8 Å². The van der Waals surface area contributed by atoms with E-state index in [9.17, 15) is 0 Å². The van der Waals surface area contributed by atoms with Crippen molar-refractivity contribution in [1.82, 2.24) is 19.7 Å². The van der Waals surface area contributed by atoms with Gasteiger partial charge in [-0.3, -0.25) is 9.55 Å². The van der Waals surface area contributed by atoms with Crippen molar-refractivity contribution < 1.29 is 4.74 Å². The molecule has 0 radical (unpaired) electrons. The largest absolute Gasteiger partial charge is 0.384 e. The first kappa shape index (κ1) is 15.7. The normalized spacial score (nSPS) is 10.9. The highest BCUT2D eigenvalue weighted by Gasteiger charge is 2.17. The molecule has 0 N–H and O–H groups in total. The van der Waals surface area contributed by atoms with Crippen molar-refractivity contribution in [3.63, 3.8) is 0 Å². The minimum atomic E-state index is 0.674. The van der Waals surface area contributed by atoms with Crippen LogP contribution in [0.5, 0.6) is 0 Å². The molecule has 2 heterocycles. The Bertz CT molecular complexity index is 773. The molecule has 118 valence electrons. The fourth-order valence-corrected chi connectivity index (χ4v) is 3.14. The molecule has 6 heteroatoms. The van der Waals surface area contributed by atoms with Crippen LogP contribution in [0.1, 0.15) is 5.56 Å². The van der Waals surface area contributed by atoms with Gasteiger partial charge in [-0.1, -0.05) is 30.0 Å². The Labute approximate surface area is 139 Å². The molecule has 0 saturated heterocycles. The van der Waals surface area contributed by atoms with Crippen LogP contribution in [0.3, 0.4) is 0 Å². The van der Waals surface area contributed by atoms with Gasteiger partial charge in [-0.15, -0.1) is 10.2 Å². The minimum absolute atomic E-state index is 0.674. The lowest BCUT2D eigenvalue weighted by molar-refractivity contribution is 0.218. The molecular weight excluding hydrogens is 308 g/mol. The summed E-state index contributed by atoms with van der Waals surface area (Å²) in [6.07, 6.45) is 3.56. The van der Waals surface area contributed by atoms with Gasteiger partial charge in [-0.2, -0.15) is 0 Å². The number of nitrogens with zero attached hydrogens (tertiary/aromatic N) is 4. The highest BCUT2D eigenvalue weighted by molar-refractivity contribution is 7.99. The summed E-state index contributed by atoms with van der Waals surface area (Å²) in [4.78, 5) is 4.20. The summed E-state index contributed by atoms with van der Waals surface area (Å²) in [5, 5.41) is 9.63. The van der Waals surface area contributed by atoms with E-state index in [1.807, 2.05) is 30.5 Å². The predicted molar refractivity (Wildman–Crippen MR) is 91.9 cm³/mol. The molecule has 0 amide bonds. The second-order valence-corrected chi connectivity index (χ2v) is 6.07. The highest BCUT2D eigenvalue weighted by Crippen LogP contribution is 2.28. The molecule has 0 aliphatic heterocycles. The van der Waals surface area contributed by atoms with Gasteiger partial charge in [0.05, 0.1) is 12.3 Å². The van der Waals surface area contributed by atoms with Crippen LogP contribution >= 0.6 is 11.8 Å². The maximum Gasteiger partial charge on any atom is 0.196 e. The molecular formula is C17H18N4OS. The van der Waals surface area contributed by atoms with Gasteiger partial charge in [0.15, 0.2) is 11.0 Å². The van der Waals surface area contributed by atoms with E-state index in [0.717, 1.165) is 28.0 Å². The first-order chi connectivity index (χ1) is 11.3. The quantitative estimate of drug-likeness (QED) is 0.513. The van der Waals surface area contributed by atoms with Gasteiger partial charge in [-0.05, 0) is 30.7 Å². The highest BCUT2D eigenvalue weighted by atomic mass is 32.2. The van der Waals surface area contributed by atoms with Gasteiger partial charge in [0.2, 0.25) is 0 Å². The molecule has 5 nitrogen and oxygen atoms in total. The van der Waals surface area contributed by atoms with E-state index < -0.39 is 0 Å². The standard InChI is InChI=1S/C17H18N4OS/c1-13-6-3-4-8-15(13)21-16(14-7-5-9-18-12-14)19-20-17(21)23-11-10-22-2/h3-9,12H,10-11H2,1-2H3. The van der Waals surface area contributed by atoms with Crippen LogP contribution < -0.4 is 0 Å². The third kappa shape index (κ3) is 3.43. The molecule has 0 unspecified atom stereocenters. The SMILES string of the molecule is COCCSc1nnc(-c2cccnc2)n1-c1ccccc1C. The monoisotopic (exact) mass is 326 g/mol. The summed E-state index contributed by atoms with van der Waals surface area (Å²) in [6, 6.07) is 12.1. The van der Waals surface area contributed by atoms with Gasteiger partial charge in [-0.25, -0.2) is 0 Å². The Kier molecular flexibility index (Phi) is 5.05. The van der Waals surface area contributed by atoms with Gasteiger partial charge in [0, 0.05) is 30.8 Å². The lowest BCUT2D eigenvalue weighted by Crippen LogP contribution is -2.03. The average Bonchev–Trinajstić information content (AvgIpc) is 3.00. The molecule has 3 aromatic rings. The second-order valence-electron chi connectivity index (χ2n) is 5.01. The maximum atomic E-state index is 5.14. The minimum Gasteiger partial charge on any atom is -0.384 e. The van der Waals surface area contributed by atoms with Crippen LogP contribution in [-0.4, -0.2) is 39.2 Å². The Morgan fingerprint density at radius 3 is 2.74 bits per heavy atom. The van der Waals surface area contributed by atoms with E-state index in [1.54, 1.807) is 25.1 Å². The fraction of sp³-hybridized carbons (Fsp3) is 0.235. The second kappa shape index (κ2) is 7.39. The smallest absolute Gasteiger partial charge is 0.196 e. The number of para-hydroxylation sites is 1. The number of aromatic nitrogens is 4. The van der Waals surface area contributed by atoms with Crippen molar-refractivity contribution in [3.05, 3.63) is 54.4 Å².